The second-order valence-corrected chi connectivity index (χ2v) is 8.85. The van der Waals surface area contributed by atoms with E-state index in [2.05, 4.69) is 14.9 Å². The number of piperidine rings is 1. The number of methoxy groups -OCH3 is 1. The van der Waals surface area contributed by atoms with Crippen molar-refractivity contribution in [2.45, 2.75) is 12.8 Å². The van der Waals surface area contributed by atoms with Crippen LogP contribution >= 0.6 is 0 Å². The molecule has 3 aromatic rings. The van der Waals surface area contributed by atoms with E-state index in [1.807, 2.05) is 40.3 Å². The molecule has 0 N–H and O–H groups in total. The minimum Gasteiger partial charge on any atom is -0.497 e. The molecule has 2 fully saturated rings. The SMILES string of the molecule is COc1ccc2c(N3CCN(C(=O)C4CCCN(C(=O)c5ccncc5)C4)CC3)ccnc2c1. The monoisotopic (exact) mass is 459 g/mol. The van der Waals surface area contributed by atoms with Gasteiger partial charge in [0.05, 0.1) is 18.5 Å². The third-order valence-electron chi connectivity index (χ3n) is 6.84. The number of piperazine rings is 1. The first-order chi connectivity index (χ1) is 16.6. The Labute approximate surface area is 199 Å². The van der Waals surface area contributed by atoms with Crippen LogP contribution < -0.4 is 9.64 Å². The average Bonchev–Trinajstić information content (AvgIpc) is 2.92. The van der Waals surface area contributed by atoms with Crippen LogP contribution in [0.25, 0.3) is 10.9 Å². The fourth-order valence-corrected chi connectivity index (χ4v) is 4.98. The second kappa shape index (κ2) is 9.67. The Morgan fingerprint density at radius 3 is 2.50 bits per heavy atom. The van der Waals surface area contributed by atoms with Crippen LogP contribution in [0, 0.1) is 5.92 Å². The molecule has 0 radical (unpaired) electrons. The maximum absolute atomic E-state index is 13.3. The van der Waals surface area contributed by atoms with Gasteiger partial charge in [-0.3, -0.25) is 19.6 Å². The van der Waals surface area contributed by atoms with Crippen molar-refractivity contribution in [2.75, 3.05) is 51.3 Å². The number of amides is 2. The van der Waals surface area contributed by atoms with Crippen LogP contribution in [-0.2, 0) is 4.79 Å². The molecule has 2 amide bonds. The summed E-state index contributed by atoms with van der Waals surface area (Å²) in [4.78, 5) is 40.7. The van der Waals surface area contributed by atoms with Crippen molar-refractivity contribution in [1.82, 2.24) is 19.8 Å². The lowest BCUT2D eigenvalue weighted by atomic mass is 9.95. The molecule has 34 heavy (non-hydrogen) atoms. The predicted molar refractivity (Wildman–Crippen MR) is 130 cm³/mol. The van der Waals surface area contributed by atoms with Crippen molar-refractivity contribution in [3.8, 4) is 5.75 Å². The number of carbonyl (C=O) groups is 2. The predicted octanol–water partition coefficient (Wildman–Crippen LogP) is 2.84. The smallest absolute Gasteiger partial charge is 0.253 e. The Kier molecular flexibility index (Phi) is 6.29. The summed E-state index contributed by atoms with van der Waals surface area (Å²) in [5.74, 6) is 0.791. The fraction of sp³-hybridized carbons (Fsp3) is 0.385. The van der Waals surface area contributed by atoms with E-state index in [1.54, 1.807) is 31.6 Å². The van der Waals surface area contributed by atoms with Crippen LogP contribution in [0.3, 0.4) is 0 Å². The molecule has 1 atom stereocenters. The summed E-state index contributed by atoms with van der Waals surface area (Å²) in [7, 11) is 1.65. The number of hydrogen-bond donors (Lipinski definition) is 0. The molecule has 1 aromatic carbocycles. The molecule has 8 heteroatoms. The van der Waals surface area contributed by atoms with Crippen LogP contribution in [-0.4, -0.2) is 78.0 Å². The van der Waals surface area contributed by atoms with Crippen molar-refractivity contribution >= 4 is 28.4 Å². The maximum atomic E-state index is 13.3. The molecule has 8 nitrogen and oxygen atoms in total. The Morgan fingerprint density at radius 2 is 1.74 bits per heavy atom. The molecule has 176 valence electrons. The molecule has 0 aliphatic carbocycles. The Morgan fingerprint density at radius 1 is 0.941 bits per heavy atom. The molecular weight excluding hydrogens is 430 g/mol. The number of rotatable bonds is 4. The van der Waals surface area contributed by atoms with E-state index in [4.69, 9.17) is 4.74 Å². The third kappa shape index (κ3) is 4.40. The summed E-state index contributed by atoms with van der Waals surface area (Å²) in [5.41, 5.74) is 2.65. The average molecular weight is 460 g/mol. The van der Waals surface area contributed by atoms with E-state index in [-0.39, 0.29) is 17.7 Å². The zero-order valence-electron chi connectivity index (χ0n) is 19.4. The minimum atomic E-state index is -0.139. The third-order valence-corrected chi connectivity index (χ3v) is 6.84. The van der Waals surface area contributed by atoms with Crippen LogP contribution in [0.5, 0.6) is 5.75 Å². The van der Waals surface area contributed by atoms with Crippen LogP contribution in [0.1, 0.15) is 23.2 Å². The quantitative estimate of drug-likeness (QED) is 0.597. The van der Waals surface area contributed by atoms with Crippen LogP contribution in [0.2, 0.25) is 0 Å². The van der Waals surface area contributed by atoms with Gasteiger partial charge in [0.1, 0.15) is 5.75 Å². The van der Waals surface area contributed by atoms with Crippen LogP contribution in [0.4, 0.5) is 5.69 Å². The second-order valence-electron chi connectivity index (χ2n) is 8.85. The number of anilines is 1. The summed E-state index contributed by atoms with van der Waals surface area (Å²) < 4.78 is 5.33. The Hall–Kier alpha value is -3.68. The largest absolute Gasteiger partial charge is 0.497 e. The molecule has 0 saturated carbocycles. The van der Waals surface area contributed by atoms with Crippen molar-refractivity contribution in [1.29, 1.82) is 0 Å². The number of fused-ring (bicyclic) bond motifs is 1. The molecule has 0 bridgehead atoms. The number of benzene rings is 1. The topological polar surface area (TPSA) is 78.9 Å². The number of carbonyl (C=O) groups excluding carboxylic acids is 2. The zero-order chi connectivity index (χ0) is 23.5. The number of pyridine rings is 2. The normalized spacial score (nSPS) is 18.7. The van der Waals surface area contributed by atoms with Gasteiger partial charge >= 0.3 is 0 Å². The standard InChI is InChI=1S/C26H29N5O3/c1-34-21-4-5-22-23(17-21)28-11-8-24(22)29-13-15-30(16-14-29)26(33)20-3-2-12-31(18-20)25(32)19-6-9-27-10-7-19/h4-11,17,20H,2-3,12-16,18H2,1H3. The van der Waals surface area contributed by atoms with Gasteiger partial charge in [-0.25, -0.2) is 0 Å². The van der Waals surface area contributed by atoms with Crippen molar-refractivity contribution in [3.63, 3.8) is 0 Å². The number of nitrogens with zero attached hydrogens (tertiary/aromatic N) is 5. The number of aromatic nitrogens is 2. The van der Waals surface area contributed by atoms with Gasteiger partial charge in [0.15, 0.2) is 0 Å². The molecule has 2 aliphatic heterocycles. The Balaban J connectivity index is 1.22. The van der Waals surface area contributed by atoms with E-state index >= 15 is 0 Å². The van der Waals surface area contributed by atoms with Crippen molar-refractivity contribution in [3.05, 3.63) is 60.6 Å². The Bertz CT molecular complexity index is 1180. The summed E-state index contributed by atoms with van der Waals surface area (Å²) in [5, 5.41) is 1.08. The lowest BCUT2D eigenvalue weighted by Crippen LogP contribution is -2.53. The van der Waals surface area contributed by atoms with E-state index in [1.165, 1.54) is 0 Å². The molecule has 2 saturated heterocycles. The van der Waals surface area contributed by atoms with Gasteiger partial charge in [0, 0.05) is 80.6 Å². The number of ether oxygens (including phenoxy) is 1. The van der Waals surface area contributed by atoms with Gasteiger partial charge in [-0.2, -0.15) is 0 Å². The first kappa shape index (κ1) is 22.1. The highest BCUT2D eigenvalue weighted by atomic mass is 16.5. The zero-order valence-corrected chi connectivity index (χ0v) is 19.4. The molecule has 4 heterocycles. The van der Waals surface area contributed by atoms with Gasteiger partial charge in [-0.1, -0.05) is 0 Å². The minimum absolute atomic E-state index is 0.0223. The number of hydrogen-bond acceptors (Lipinski definition) is 6. The highest BCUT2D eigenvalue weighted by molar-refractivity contribution is 5.95. The van der Waals surface area contributed by atoms with E-state index in [9.17, 15) is 9.59 Å². The molecule has 2 aromatic heterocycles. The van der Waals surface area contributed by atoms with Crippen LogP contribution in [0.15, 0.2) is 55.0 Å². The molecule has 1 unspecified atom stereocenters. The fourth-order valence-electron chi connectivity index (χ4n) is 4.98. The maximum Gasteiger partial charge on any atom is 0.253 e. The van der Waals surface area contributed by atoms with Gasteiger partial charge < -0.3 is 19.4 Å². The lowest BCUT2D eigenvalue weighted by molar-refractivity contribution is -0.137. The molecule has 0 spiro atoms. The first-order valence-electron chi connectivity index (χ1n) is 11.8. The van der Waals surface area contributed by atoms with Crippen molar-refractivity contribution < 1.29 is 14.3 Å². The molecule has 2 aliphatic rings. The van der Waals surface area contributed by atoms with E-state index < -0.39 is 0 Å². The summed E-state index contributed by atoms with van der Waals surface area (Å²) in [6.45, 7) is 4.06. The van der Waals surface area contributed by atoms with Crippen molar-refractivity contribution in [2.24, 2.45) is 5.92 Å². The van der Waals surface area contributed by atoms with Gasteiger partial charge in [0.25, 0.3) is 5.91 Å². The van der Waals surface area contributed by atoms with E-state index in [0.29, 0.717) is 31.7 Å². The molecular formula is C26H29N5O3. The molecule has 5 rings (SSSR count). The first-order valence-corrected chi connectivity index (χ1v) is 11.8. The van der Waals surface area contributed by atoms with Gasteiger partial charge in [-0.05, 0) is 43.2 Å². The highest BCUT2D eigenvalue weighted by Crippen LogP contribution is 2.29. The van der Waals surface area contributed by atoms with Gasteiger partial charge in [0.2, 0.25) is 5.91 Å². The summed E-state index contributed by atoms with van der Waals surface area (Å²) in [6, 6.07) is 11.4. The summed E-state index contributed by atoms with van der Waals surface area (Å²) >= 11 is 0. The number of likely N-dealkylation sites (tertiary alicyclic amines) is 1. The summed E-state index contributed by atoms with van der Waals surface area (Å²) in [6.07, 6.45) is 6.75. The highest BCUT2D eigenvalue weighted by Gasteiger charge is 2.33. The lowest BCUT2D eigenvalue weighted by Gasteiger charge is -2.40. The van der Waals surface area contributed by atoms with E-state index in [0.717, 1.165) is 48.3 Å². The van der Waals surface area contributed by atoms with Gasteiger partial charge in [-0.15, -0.1) is 0 Å².